The molecule has 0 fully saturated rings. The first-order valence-electron chi connectivity index (χ1n) is 7.43. The van der Waals surface area contributed by atoms with Crippen molar-refractivity contribution in [2.45, 2.75) is 19.4 Å². The number of fused-ring (bicyclic) bond motifs is 2. The maximum Gasteiger partial charge on any atom is 0.0926 e. The van der Waals surface area contributed by atoms with Crippen LogP contribution in [0, 0.1) is 6.92 Å². The molecule has 0 aliphatic carbocycles. The van der Waals surface area contributed by atoms with E-state index in [1.165, 1.54) is 22.1 Å². The zero-order chi connectivity index (χ0) is 14.4. The van der Waals surface area contributed by atoms with E-state index in [0.717, 1.165) is 24.3 Å². The average molecular weight is 277 g/mol. The monoisotopic (exact) mass is 277 g/mol. The molecule has 106 valence electrons. The number of H-pyrrole nitrogens is 1. The number of aromatic amines is 1. The van der Waals surface area contributed by atoms with E-state index in [4.69, 9.17) is 0 Å². The van der Waals surface area contributed by atoms with Crippen LogP contribution in [0.4, 0.5) is 0 Å². The molecule has 1 aliphatic heterocycles. The van der Waals surface area contributed by atoms with Crippen molar-refractivity contribution >= 4 is 10.9 Å². The van der Waals surface area contributed by atoms with Gasteiger partial charge in [-0.2, -0.15) is 5.10 Å². The molecule has 1 aromatic heterocycles. The number of hydrogen-bond donors (Lipinski definition) is 1. The standard InChI is InChI=1S/C18H19N3/c1-12-15-8-7-13(9-18(15)20-19-12)17-11-21(2)10-14-5-3-4-6-16(14)17/h3-9,17H,10-11H2,1-2H3,(H,19,20). The summed E-state index contributed by atoms with van der Waals surface area (Å²) in [5, 5.41) is 8.70. The van der Waals surface area contributed by atoms with Gasteiger partial charge in [-0.15, -0.1) is 0 Å². The van der Waals surface area contributed by atoms with E-state index in [1.54, 1.807) is 0 Å². The predicted molar refractivity (Wildman–Crippen MR) is 85.4 cm³/mol. The molecule has 0 bridgehead atoms. The molecule has 3 aromatic rings. The highest BCUT2D eigenvalue weighted by Crippen LogP contribution is 2.34. The minimum Gasteiger partial charge on any atom is -0.301 e. The lowest BCUT2D eigenvalue weighted by Crippen LogP contribution is -2.30. The molecule has 4 rings (SSSR count). The lowest BCUT2D eigenvalue weighted by molar-refractivity contribution is 0.295. The molecule has 1 aliphatic rings. The zero-order valence-electron chi connectivity index (χ0n) is 12.4. The molecule has 0 radical (unpaired) electrons. The molecule has 3 heteroatoms. The van der Waals surface area contributed by atoms with Crippen molar-refractivity contribution in [2.24, 2.45) is 0 Å². The van der Waals surface area contributed by atoms with Crippen LogP contribution in [-0.2, 0) is 6.54 Å². The number of nitrogens with one attached hydrogen (secondary N) is 1. The Hall–Kier alpha value is -2.13. The number of aromatic nitrogens is 2. The summed E-state index contributed by atoms with van der Waals surface area (Å²) in [4.78, 5) is 2.40. The fraction of sp³-hybridized carbons (Fsp3) is 0.278. The molecule has 2 aromatic carbocycles. The van der Waals surface area contributed by atoms with Crippen molar-refractivity contribution < 1.29 is 0 Å². The van der Waals surface area contributed by atoms with Gasteiger partial charge in [-0.1, -0.05) is 36.4 Å². The molecule has 1 atom stereocenters. The molecule has 0 amide bonds. The maximum atomic E-state index is 4.41. The second kappa shape index (κ2) is 4.71. The van der Waals surface area contributed by atoms with Crippen molar-refractivity contribution in [1.29, 1.82) is 0 Å². The van der Waals surface area contributed by atoms with Gasteiger partial charge < -0.3 is 4.90 Å². The largest absolute Gasteiger partial charge is 0.301 e. The molecular weight excluding hydrogens is 258 g/mol. The van der Waals surface area contributed by atoms with Crippen LogP contribution in [-0.4, -0.2) is 28.7 Å². The van der Waals surface area contributed by atoms with Crippen LogP contribution in [0.15, 0.2) is 42.5 Å². The van der Waals surface area contributed by atoms with Crippen LogP contribution in [0.3, 0.4) is 0 Å². The molecule has 3 nitrogen and oxygen atoms in total. The Morgan fingerprint density at radius 1 is 1.19 bits per heavy atom. The fourth-order valence-corrected chi connectivity index (χ4v) is 3.45. The van der Waals surface area contributed by atoms with Crippen molar-refractivity contribution in [3.05, 3.63) is 64.8 Å². The Morgan fingerprint density at radius 2 is 2.05 bits per heavy atom. The molecule has 0 spiro atoms. The van der Waals surface area contributed by atoms with Gasteiger partial charge in [-0.3, -0.25) is 5.10 Å². The van der Waals surface area contributed by atoms with Crippen LogP contribution in [0.1, 0.15) is 28.3 Å². The van der Waals surface area contributed by atoms with Gasteiger partial charge in [0.15, 0.2) is 0 Å². The van der Waals surface area contributed by atoms with Gasteiger partial charge in [0.25, 0.3) is 0 Å². The Balaban J connectivity index is 1.84. The summed E-state index contributed by atoms with van der Waals surface area (Å²) in [5.74, 6) is 0.432. The molecular formula is C18H19N3. The SMILES string of the molecule is Cc1[nH]nc2cc(C3CN(C)Cc4ccccc43)ccc12. The van der Waals surface area contributed by atoms with Crippen molar-refractivity contribution in [3.63, 3.8) is 0 Å². The maximum absolute atomic E-state index is 4.41. The van der Waals surface area contributed by atoms with E-state index >= 15 is 0 Å². The number of nitrogens with zero attached hydrogens (tertiary/aromatic N) is 2. The minimum atomic E-state index is 0.432. The zero-order valence-corrected chi connectivity index (χ0v) is 12.4. The molecule has 1 unspecified atom stereocenters. The summed E-state index contributed by atoms with van der Waals surface area (Å²) in [6.07, 6.45) is 0. The lowest BCUT2D eigenvalue weighted by Gasteiger charge is -2.32. The Bertz CT molecular complexity index is 803. The van der Waals surface area contributed by atoms with Gasteiger partial charge in [-0.25, -0.2) is 0 Å². The van der Waals surface area contributed by atoms with Gasteiger partial charge in [0.1, 0.15) is 0 Å². The van der Waals surface area contributed by atoms with Gasteiger partial charge in [0.05, 0.1) is 5.52 Å². The average Bonchev–Trinajstić information content (AvgIpc) is 2.87. The molecule has 21 heavy (non-hydrogen) atoms. The summed E-state index contributed by atoms with van der Waals surface area (Å²) >= 11 is 0. The third-order valence-corrected chi connectivity index (χ3v) is 4.54. The highest BCUT2D eigenvalue weighted by atomic mass is 15.1. The first-order chi connectivity index (χ1) is 10.2. The fourth-order valence-electron chi connectivity index (χ4n) is 3.45. The summed E-state index contributed by atoms with van der Waals surface area (Å²) in [6.45, 7) is 4.17. The van der Waals surface area contributed by atoms with Gasteiger partial charge in [-0.05, 0) is 36.7 Å². The van der Waals surface area contributed by atoms with Gasteiger partial charge in [0.2, 0.25) is 0 Å². The third-order valence-electron chi connectivity index (χ3n) is 4.54. The Labute approximate surface area is 124 Å². The van der Waals surface area contributed by atoms with E-state index in [0.29, 0.717) is 5.92 Å². The second-order valence-electron chi connectivity index (χ2n) is 6.07. The van der Waals surface area contributed by atoms with Crippen molar-refractivity contribution in [3.8, 4) is 0 Å². The number of aryl methyl sites for hydroxylation is 1. The topological polar surface area (TPSA) is 31.9 Å². The number of rotatable bonds is 1. The summed E-state index contributed by atoms with van der Waals surface area (Å²) < 4.78 is 0. The first kappa shape index (κ1) is 12.6. The van der Waals surface area contributed by atoms with Crippen LogP contribution >= 0.6 is 0 Å². The van der Waals surface area contributed by atoms with Gasteiger partial charge in [0, 0.05) is 30.1 Å². The third kappa shape index (κ3) is 2.05. The van der Waals surface area contributed by atoms with Crippen LogP contribution in [0.5, 0.6) is 0 Å². The van der Waals surface area contributed by atoms with Gasteiger partial charge >= 0.3 is 0 Å². The second-order valence-corrected chi connectivity index (χ2v) is 6.07. The Morgan fingerprint density at radius 3 is 2.95 bits per heavy atom. The normalized spacial score (nSPS) is 18.9. The van der Waals surface area contributed by atoms with E-state index in [1.807, 2.05) is 0 Å². The highest BCUT2D eigenvalue weighted by Gasteiger charge is 2.24. The summed E-state index contributed by atoms with van der Waals surface area (Å²) in [5.41, 5.74) is 6.46. The Kier molecular flexibility index (Phi) is 2.82. The quantitative estimate of drug-likeness (QED) is 0.739. The highest BCUT2D eigenvalue weighted by molar-refractivity contribution is 5.82. The van der Waals surface area contributed by atoms with E-state index in [9.17, 15) is 0 Å². The first-order valence-corrected chi connectivity index (χ1v) is 7.43. The molecule has 2 heterocycles. The summed E-state index contributed by atoms with van der Waals surface area (Å²) in [6, 6.07) is 15.5. The molecule has 0 saturated carbocycles. The molecule has 1 N–H and O–H groups in total. The summed E-state index contributed by atoms with van der Waals surface area (Å²) in [7, 11) is 2.19. The molecule has 0 saturated heterocycles. The number of likely N-dealkylation sites (N-methyl/N-ethyl adjacent to an activating group) is 1. The van der Waals surface area contributed by atoms with Crippen molar-refractivity contribution in [1.82, 2.24) is 15.1 Å². The minimum absolute atomic E-state index is 0.432. The predicted octanol–water partition coefficient (Wildman–Crippen LogP) is 3.45. The number of benzene rings is 2. The van der Waals surface area contributed by atoms with Crippen LogP contribution in [0.25, 0.3) is 10.9 Å². The van der Waals surface area contributed by atoms with Crippen molar-refractivity contribution in [2.75, 3.05) is 13.6 Å². The van der Waals surface area contributed by atoms with E-state index in [2.05, 4.69) is 71.5 Å². The lowest BCUT2D eigenvalue weighted by atomic mass is 9.84. The smallest absolute Gasteiger partial charge is 0.0926 e. The van der Waals surface area contributed by atoms with Crippen LogP contribution < -0.4 is 0 Å². The van der Waals surface area contributed by atoms with E-state index in [-0.39, 0.29) is 0 Å². The van der Waals surface area contributed by atoms with Crippen LogP contribution in [0.2, 0.25) is 0 Å². The number of hydrogen-bond acceptors (Lipinski definition) is 2. The van der Waals surface area contributed by atoms with E-state index < -0.39 is 0 Å².